The summed E-state index contributed by atoms with van der Waals surface area (Å²) in [5.74, 6) is 0.418. The molecule has 1 N–H and O–H groups in total. The van der Waals surface area contributed by atoms with Gasteiger partial charge in [0.1, 0.15) is 5.01 Å². The van der Waals surface area contributed by atoms with Crippen LogP contribution in [0.25, 0.3) is 5.82 Å². The molecule has 0 aromatic carbocycles. The van der Waals surface area contributed by atoms with Crippen molar-refractivity contribution in [2.75, 3.05) is 5.32 Å². The summed E-state index contributed by atoms with van der Waals surface area (Å²) < 4.78 is 1.63. The molecule has 8 heteroatoms. The van der Waals surface area contributed by atoms with Crippen molar-refractivity contribution in [1.29, 1.82) is 0 Å². The van der Waals surface area contributed by atoms with Crippen LogP contribution in [0.5, 0.6) is 0 Å². The number of nitrogens with zero attached hydrogens (tertiary/aromatic N) is 5. The van der Waals surface area contributed by atoms with E-state index in [2.05, 4.69) is 25.6 Å². The lowest BCUT2D eigenvalue weighted by Crippen LogP contribution is -2.13. The summed E-state index contributed by atoms with van der Waals surface area (Å²) in [6.45, 7) is 3.82. The fraction of sp³-hybridized carbons (Fsp3) is 0.214. The maximum Gasteiger partial charge on any atom is 0.260 e. The molecule has 0 aliphatic carbocycles. The first-order valence-corrected chi connectivity index (χ1v) is 7.60. The molecule has 0 radical (unpaired) electrons. The molecule has 0 bridgehead atoms. The molecular formula is C14H14N6OS. The predicted octanol–water partition coefficient (Wildman–Crippen LogP) is 2.24. The van der Waals surface area contributed by atoms with Crippen LogP contribution in [0.3, 0.4) is 0 Å². The van der Waals surface area contributed by atoms with Crippen LogP contribution in [0.2, 0.25) is 0 Å². The predicted molar refractivity (Wildman–Crippen MR) is 83.3 cm³/mol. The fourth-order valence-electron chi connectivity index (χ4n) is 1.95. The number of aromatic nitrogens is 5. The van der Waals surface area contributed by atoms with Crippen LogP contribution >= 0.6 is 11.3 Å². The number of aryl methyl sites for hydroxylation is 1. The van der Waals surface area contributed by atoms with Crippen LogP contribution in [-0.2, 0) is 6.42 Å². The molecule has 112 valence electrons. The largest absolute Gasteiger partial charge is 0.296 e. The molecule has 0 aliphatic heterocycles. The topological polar surface area (TPSA) is 85.6 Å². The van der Waals surface area contributed by atoms with E-state index < -0.39 is 0 Å². The number of anilines is 1. The van der Waals surface area contributed by atoms with Gasteiger partial charge in [0.15, 0.2) is 5.82 Å². The van der Waals surface area contributed by atoms with Gasteiger partial charge in [0.25, 0.3) is 5.91 Å². The second kappa shape index (κ2) is 6.02. The van der Waals surface area contributed by atoms with Gasteiger partial charge in [0.2, 0.25) is 5.13 Å². The first-order chi connectivity index (χ1) is 10.7. The van der Waals surface area contributed by atoms with E-state index in [1.165, 1.54) is 17.5 Å². The Balaban J connectivity index is 1.83. The average Bonchev–Trinajstić information content (AvgIpc) is 3.14. The summed E-state index contributed by atoms with van der Waals surface area (Å²) in [4.78, 5) is 16.6. The third kappa shape index (κ3) is 2.73. The van der Waals surface area contributed by atoms with E-state index in [1.54, 1.807) is 10.9 Å². The second-order valence-electron chi connectivity index (χ2n) is 4.55. The van der Waals surface area contributed by atoms with Crippen molar-refractivity contribution in [3.8, 4) is 5.82 Å². The van der Waals surface area contributed by atoms with E-state index in [-0.39, 0.29) is 5.91 Å². The monoisotopic (exact) mass is 314 g/mol. The van der Waals surface area contributed by atoms with Crippen LogP contribution in [0.4, 0.5) is 5.13 Å². The maximum absolute atomic E-state index is 12.3. The van der Waals surface area contributed by atoms with Crippen LogP contribution in [0.15, 0.2) is 30.6 Å². The molecule has 3 heterocycles. The van der Waals surface area contributed by atoms with Crippen molar-refractivity contribution in [3.05, 3.63) is 46.9 Å². The molecule has 0 spiro atoms. The molecule has 3 rings (SSSR count). The molecule has 0 atom stereocenters. The first-order valence-electron chi connectivity index (χ1n) is 6.78. The Bertz CT molecular complexity index is 795. The van der Waals surface area contributed by atoms with Crippen molar-refractivity contribution < 1.29 is 4.79 Å². The molecule has 22 heavy (non-hydrogen) atoms. The Morgan fingerprint density at radius 3 is 2.91 bits per heavy atom. The van der Waals surface area contributed by atoms with Gasteiger partial charge in [-0.05, 0) is 25.5 Å². The van der Waals surface area contributed by atoms with Gasteiger partial charge in [-0.15, -0.1) is 10.2 Å². The second-order valence-corrected chi connectivity index (χ2v) is 5.61. The van der Waals surface area contributed by atoms with Gasteiger partial charge < -0.3 is 0 Å². The standard InChI is InChI=1S/C14H14N6OS/c1-3-12-18-19-14(22-12)17-13(21)10-8-16-20(9(10)2)11-6-4-5-7-15-11/h4-8H,3H2,1-2H3,(H,17,19,21). The third-order valence-electron chi connectivity index (χ3n) is 3.11. The Labute approximate surface area is 131 Å². The molecule has 0 aliphatic rings. The van der Waals surface area contributed by atoms with Gasteiger partial charge in [-0.25, -0.2) is 9.67 Å². The van der Waals surface area contributed by atoms with Crippen molar-refractivity contribution in [3.63, 3.8) is 0 Å². The van der Waals surface area contributed by atoms with Gasteiger partial charge in [0, 0.05) is 6.20 Å². The number of rotatable bonds is 4. The van der Waals surface area contributed by atoms with Crippen molar-refractivity contribution in [2.45, 2.75) is 20.3 Å². The Morgan fingerprint density at radius 2 is 2.23 bits per heavy atom. The summed E-state index contributed by atoms with van der Waals surface area (Å²) in [5.41, 5.74) is 1.20. The molecular weight excluding hydrogens is 300 g/mol. The van der Waals surface area contributed by atoms with Crippen LogP contribution in [0.1, 0.15) is 28.0 Å². The number of carbonyl (C=O) groups excluding carboxylic acids is 1. The van der Waals surface area contributed by atoms with Crippen molar-refractivity contribution in [1.82, 2.24) is 25.0 Å². The van der Waals surface area contributed by atoms with E-state index in [0.717, 1.165) is 17.1 Å². The molecule has 0 fully saturated rings. The summed E-state index contributed by atoms with van der Waals surface area (Å²) in [6.07, 6.45) is 4.01. The molecule has 3 aromatic heterocycles. The number of hydrogen-bond donors (Lipinski definition) is 1. The molecule has 1 amide bonds. The Kier molecular flexibility index (Phi) is 3.92. The van der Waals surface area contributed by atoms with Gasteiger partial charge in [-0.3, -0.25) is 10.1 Å². The summed E-state index contributed by atoms with van der Waals surface area (Å²) in [7, 11) is 0. The van der Waals surface area contributed by atoms with E-state index in [4.69, 9.17) is 0 Å². The van der Waals surface area contributed by atoms with Gasteiger partial charge >= 0.3 is 0 Å². The molecule has 7 nitrogen and oxygen atoms in total. The zero-order valence-corrected chi connectivity index (χ0v) is 13.0. The van der Waals surface area contributed by atoms with Crippen molar-refractivity contribution in [2.24, 2.45) is 0 Å². The smallest absolute Gasteiger partial charge is 0.260 e. The van der Waals surface area contributed by atoms with E-state index >= 15 is 0 Å². The zero-order valence-electron chi connectivity index (χ0n) is 12.1. The lowest BCUT2D eigenvalue weighted by molar-refractivity contribution is 0.102. The number of carbonyl (C=O) groups is 1. The minimum absolute atomic E-state index is 0.251. The molecule has 3 aromatic rings. The summed E-state index contributed by atoms with van der Waals surface area (Å²) in [6, 6.07) is 5.54. The van der Waals surface area contributed by atoms with Gasteiger partial charge in [-0.1, -0.05) is 24.3 Å². The first kappa shape index (κ1) is 14.3. The van der Waals surface area contributed by atoms with Crippen molar-refractivity contribution >= 4 is 22.4 Å². The third-order valence-corrected chi connectivity index (χ3v) is 4.09. The SMILES string of the molecule is CCc1nnc(NC(=O)c2cnn(-c3ccccn3)c2C)s1. The minimum atomic E-state index is -0.251. The highest BCUT2D eigenvalue weighted by atomic mass is 32.1. The number of amides is 1. The summed E-state index contributed by atoms with van der Waals surface area (Å²) >= 11 is 1.37. The lowest BCUT2D eigenvalue weighted by Gasteiger charge is -2.04. The Morgan fingerprint density at radius 1 is 1.36 bits per heavy atom. The number of hydrogen-bond acceptors (Lipinski definition) is 6. The lowest BCUT2D eigenvalue weighted by atomic mass is 10.2. The summed E-state index contributed by atoms with van der Waals surface area (Å²) in [5, 5.41) is 16.3. The maximum atomic E-state index is 12.3. The fourth-order valence-corrected chi connectivity index (χ4v) is 2.63. The highest BCUT2D eigenvalue weighted by Gasteiger charge is 2.17. The van der Waals surface area contributed by atoms with Crippen LogP contribution in [0, 0.1) is 6.92 Å². The zero-order chi connectivity index (χ0) is 15.5. The van der Waals surface area contributed by atoms with E-state index in [1.807, 2.05) is 32.0 Å². The van der Waals surface area contributed by atoms with Crippen LogP contribution < -0.4 is 5.32 Å². The Hall–Kier alpha value is -2.61. The van der Waals surface area contributed by atoms with E-state index in [9.17, 15) is 4.79 Å². The van der Waals surface area contributed by atoms with Gasteiger partial charge in [0.05, 0.1) is 17.5 Å². The number of nitrogens with one attached hydrogen (secondary N) is 1. The van der Waals surface area contributed by atoms with Gasteiger partial charge in [-0.2, -0.15) is 5.10 Å². The molecule has 0 unspecified atom stereocenters. The van der Waals surface area contributed by atoms with Crippen LogP contribution in [-0.4, -0.2) is 30.9 Å². The molecule has 0 saturated heterocycles. The quantitative estimate of drug-likeness (QED) is 0.798. The minimum Gasteiger partial charge on any atom is -0.296 e. The van der Waals surface area contributed by atoms with E-state index in [0.29, 0.717) is 16.5 Å². The number of pyridine rings is 1. The molecule has 0 saturated carbocycles. The highest BCUT2D eigenvalue weighted by molar-refractivity contribution is 7.15. The average molecular weight is 314 g/mol. The normalized spacial score (nSPS) is 10.6. The highest BCUT2D eigenvalue weighted by Crippen LogP contribution is 2.18.